The van der Waals surface area contributed by atoms with Crippen LogP contribution in [0.15, 0.2) is 122 Å². The fourth-order valence-corrected chi connectivity index (χ4v) is 5.77. The van der Waals surface area contributed by atoms with E-state index in [-0.39, 0.29) is 87.9 Å². The van der Waals surface area contributed by atoms with E-state index in [0.29, 0.717) is 44.1 Å². The Bertz CT molecular complexity index is 2220. The van der Waals surface area contributed by atoms with Gasteiger partial charge in [-0.25, -0.2) is 38.4 Å². The number of urea groups is 5. The molecule has 0 aliphatic heterocycles. The van der Waals surface area contributed by atoms with E-state index in [9.17, 15) is 38.4 Å². The molecule has 0 bridgehead atoms. The second-order valence-electron chi connectivity index (χ2n) is 16.2. The molecule has 3 aromatic rings. The Morgan fingerprint density at radius 3 is 1.04 bits per heavy atom. The third kappa shape index (κ3) is 29.3. The molecule has 0 aromatic heterocycles. The van der Waals surface area contributed by atoms with Crippen LogP contribution in [0, 0.1) is 0 Å². The van der Waals surface area contributed by atoms with Crippen molar-refractivity contribution in [3.05, 3.63) is 145 Å². The van der Waals surface area contributed by atoms with Crippen molar-refractivity contribution in [2.24, 2.45) is 0 Å². The van der Waals surface area contributed by atoms with Crippen molar-refractivity contribution in [2.45, 2.75) is 33.9 Å². The number of esters is 3. The van der Waals surface area contributed by atoms with Crippen LogP contribution in [0.3, 0.4) is 0 Å². The molecule has 0 radical (unpaired) electrons. The topological polar surface area (TPSA) is 288 Å². The molecular weight excluding hydrogens is 967 g/mol. The molecule has 0 aliphatic carbocycles. The van der Waals surface area contributed by atoms with Gasteiger partial charge in [0.2, 0.25) is 0 Å². The molecule has 404 valence electrons. The van der Waals surface area contributed by atoms with Crippen LogP contribution in [-0.2, 0) is 41.7 Å². The van der Waals surface area contributed by atoms with Crippen LogP contribution in [-0.4, -0.2) is 132 Å². The molecule has 10 N–H and O–H groups in total. The van der Waals surface area contributed by atoms with Crippen LogP contribution in [0.1, 0.15) is 43.0 Å². The van der Waals surface area contributed by atoms with Crippen LogP contribution in [0.25, 0.3) is 12.2 Å². The molecule has 10 amide bonds. The van der Waals surface area contributed by atoms with Crippen molar-refractivity contribution < 1.29 is 52.6 Å². The minimum absolute atomic E-state index is 0.000630. The third-order valence-electron chi connectivity index (χ3n) is 9.75. The van der Waals surface area contributed by atoms with Gasteiger partial charge in [-0.1, -0.05) is 93.6 Å². The quantitative estimate of drug-likeness (QED) is 0.0187. The maximum Gasteiger partial charge on any atom is 0.333 e. The molecule has 22 nitrogen and oxygen atoms in total. The lowest BCUT2D eigenvalue weighted by Gasteiger charge is -2.23. The number of ether oxygens (including phenoxy) is 3. The smallest absolute Gasteiger partial charge is 0.333 e. The normalized spacial score (nSPS) is 10.0. The molecule has 22 heteroatoms. The molecule has 3 rings (SSSR count). The van der Waals surface area contributed by atoms with Gasteiger partial charge < -0.3 is 67.4 Å². The van der Waals surface area contributed by atoms with E-state index in [0.717, 1.165) is 22.3 Å². The molecule has 0 heterocycles. The first-order chi connectivity index (χ1) is 35.9. The molecule has 0 spiro atoms. The fraction of sp³-hybridized carbons (Fsp3) is 0.321. The minimum atomic E-state index is -0.542. The van der Waals surface area contributed by atoms with Crippen molar-refractivity contribution in [1.29, 1.82) is 0 Å². The summed E-state index contributed by atoms with van der Waals surface area (Å²) in [5, 5.41) is 27.0. The number of benzene rings is 3. The zero-order chi connectivity index (χ0) is 55.4. The van der Waals surface area contributed by atoms with Gasteiger partial charge in [0.25, 0.3) is 0 Å². The summed E-state index contributed by atoms with van der Waals surface area (Å²) < 4.78 is 14.7. The summed E-state index contributed by atoms with van der Waals surface area (Å²) in [7, 11) is 0. The van der Waals surface area contributed by atoms with Gasteiger partial charge in [-0.2, -0.15) is 0 Å². The maximum atomic E-state index is 12.1. The van der Waals surface area contributed by atoms with Crippen LogP contribution in [0.4, 0.5) is 35.3 Å². The van der Waals surface area contributed by atoms with Crippen LogP contribution >= 0.6 is 0 Å². The zero-order valence-electron chi connectivity index (χ0n) is 43.0. The van der Waals surface area contributed by atoms with E-state index in [2.05, 4.69) is 86.1 Å². The summed E-state index contributed by atoms with van der Waals surface area (Å²) in [4.78, 5) is 96.3. The SMILES string of the molecule is C=C(C)C(=O)OCCNC(=O)NCCN(CCNC(=O)NCCOC(=O)C(=C)C)CCNC(=O)NCCOC(=O)C(=C)C.C=Cc1ccc(NC(=O)NCc2cccc(CNC(=O)Nc3ccc(C=C)cc3)c2)cc1. The van der Waals surface area contributed by atoms with Crippen LogP contribution in [0.5, 0.6) is 0 Å². The third-order valence-corrected chi connectivity index (χ3v) is 9.75. The highest BCUT2D eigenvalue weighted by molar-refractivity contribution is 5.90. The van der Waals surface area contributed by atoms with E-state index in [1.165, 1.54) is 20.8 Å². The van der Waals surface area contributed by atoms with Crippen molar-refractivity contribution in [2.75, 3.05) is 89.4 Å². The molecular formula is C53H71N11O11. The Labute approximate surface area is 438 Å². The Balaban J connectivity index is 0.000000533. The second-order valence-corrected chi connectivity index (χ2v) is 16.2. The lowest BCUT2D eigenvalue weighted by atomic mass is 10.1. The van der Waals surface area contributed by atoms with Crippen LogP contribution < -0.4 is 53.2 Å². The summed E-state index contributed by atoms with van der Waals surface area (Å²) in [6.07, 6.45) is 3.49. The first-order valence-electron chi connectivity index (χ1n) is 23.8. The van der Waals surface area contributed by atoms with E-state index in [1.807, 2.05) is 77.7 Å². The molecule has 0 unspecified atom stereocenters. The average Bonchev–Trinajstić information content (AvgIpc) is 3.39. The van der Waals surface area contributed by atoms with Crippen molar-refractivity contribution >= 4 is 71.6 Å². The summed E-state index contributed by atoms with van der Waals surface area (Å²) >= 11 is 0. The van der Waals surface area contributed by atoms with Gasteiger partial charge in [-0.3, -0.25) is 4.90 Å². The molecule has 0 saturated carbocycles. The first-order valence-corrected chi connectivity index (χ1v) is 23.8. The standard InChI is InChI=1S/C27H45N7O9.C26H26N4O2/c1-19(2)22(35)41-16-10-31-25(38)28-7-13-34(14-8-29-26(39)32-11-17-42-23(36)20(3)4)15-9-30-27(40)33-12-18-43-24(37)21(5)6;1-3-19-8-12-23(13-9-19)29-25(31)27-17-21-6-5-7-22(16-21)18-28-26(32)30-24-14-10-20(4-2)11-15-24/h1,3,5,7-18H2,2,4,6H3,(H2,28,31,38)(H2,29,32,39)(H2,30,33,40);3-16H,1-2,17-18H2,(H2,27,29,31)(H2,28,30,32). The molecule has 75 heavy (non-hydrogen) atoms. The number of hydrogen-bond donors (Lipinski definition) is 10. The van der Waals surface area contributed by atoms with Gasteiger partial charge in [0.1, 0.15) is 19.8 Å². The van der Waals surface area contributed by atoms with Crippen molar-refractivity contribution in [1.82, 2.24) is 47.4 Å². The molecule has 0 atom stereocenters. The fourth-order valence-electron chi connectivity index (χ4n) is 5.77. The Hall–Kier alpha value is -8.92. The predicted molar refractivity (Wildman–Crippen MR) is 289 cm³/mol. The summed E-state index contributed by atoms with van der Waals surface area (Å²) in [6, 6.07) is 20.5. The molecule has 0 fully saturated rings. The molecule has 0 saturated heterocycles. The maximum absolute atomic E-state index is 12.1. The van der Waals surface area contributed by atoms with Crippen molar-refractivity contribution in [3.63, 3.8) is 0 Å². The lowest BCUT2D eigenvalue weighted by molar-refractivity contribution is -0.139. The largest absolute Gasteiger partial charge is 0.460 e. The number of nitrogens with zero attached hydrogens (tertiary/aromatic N) is 1. The molecule has 3 aromatic carbocycles. The zero-order valence-corrected chi connectivity index (χ0v) is 43.0. The Kier molecular flexibility index (Phi) is 29.9. The van der Waals surface area contributed by atoms with E-state index >= 15 is 0 Å². The monoisotopic (exact) mass is 1040 g/mol. The number of anilines is 2. The number of rotatable bonds is 29. The van der Waals surface area contributed by atoms with Gasteiger partial charge >= 0.3 is 48.1 Å². The lowest BCUT2D eigenvalue weighted by Crippen LogP contribution is -2.47. The van der Waals surface area contributed by atoms with Gasteiger partial charge in [0.15, 0.2) is 0 Å². The van der Waals surface area contributed by atoms with E-state index < -0.39 is 36.0 Å². The predicted octanol–water partition coefficient (Wildman–Crippen LogP) is 5.16. The minimum Gasteiger partial charge on any atom is -0.460 e. The first kappa shape index (κ1) is 62.2. The molecule has 0 aliphatic rings. The van der Waals surface area contributed by atoms with Gasteiger partial charge in [-0.15, -0.1) is 0 Å². The van der Waals surface area contributed by atoms with Crippen LogP contribution in [0.2, 0.25) is 0 Å². The summed E-state index contributed by atoms with van der Waals surface area (Å²) in [6.45, 7) is 25.4. The van der Waals surface area contributed by atoms with E-state index in [1.54, 1.807) is 12.2 Å². The van der Waals surface area contributed by atoms with Gasteiger partial charge in [-0.05, 0) is 67.3 Å². The number of hydrogen-bond acceptors (Lipinski definition) is 12. The van der Waals surface area contributed by atoms with Gasteiger partial charge in [0.05, 0.1) is 19.6 Å². The average molecular weight is 1040 g/mol. The van der Waals surface area contributed by atoms with Crippen molar-refractivity contribution in [3.8, 4) is 0 Å². The van der Waals surface area contributed by atoms with E-state index in [4.69, 9.17) is 14.2 Å². The Morgan fingerprint density at radius 2 is 0.747 bits per heavy atom. The summed E-state index contributed by atoms with van der Waals surface area (Å²) in [5.41, 5.74) is 6.03. The highest BCUT2D eigenvalue weighted by Gasteiger charge is 2.11. The highest BCUT2D eigenvalue weighted by Crippen LogP contribution is 2.12. The number of carbonyl (C=O) groups excluding carboxylic acids is 8. The highest BCUT2D eigenvalue weighted by atomic mass is 16.5. The Morgan fingerprint density at radius 1 is 0.440 bits per heavy atom. The second kappa shape index (κ2) is 36.1. The van der Waals surface area contributed by atoms with Gasteiger partial charge in [0, 0.05) is 80.5 Å². The number of amides is 10. The number of carbonyl (C=O) groups is 8. The number of nitrogens with one attached hydrogen (secondary N) is 10. The summed E-state index contributed by atoms with van der Waals surface area (Å²) in [5.74, 6) is -1.63.